The molecule has 0 unspecified atom stereocenters. The number of hydrogen-bond donors (Lipinski definition) is 0. The molecule has 0 saturated carbocycles. The molecule has 114 valence electrons. The number of benzene rings is 3. The lowest BCUT2D eigenvalue weighted by Gasteiger charge is -2.05. The molecule has 0 aromatic heterocycles. The van der Waals surface area contributed by atoms with Gasteiger partial charge in [-0.05, 0) is 41.0 Å². The lowest BCUT2D eigenvalue weighted by atomic mass is 9.99. The number of hydrogen-bond acceptors (Lipinski definition) is 2. The van der Waals surface area contributed by atoms with E-state index in [0.29, 0.717) is 12.0 Å². The summed E-state index contributed by atoms with van der Waals surface area (Å²) in [7, 11) is 1.62. The van der Waals surface area contributed by atoms with Crippen molar-refractivity contribution in [2.45, 2.75) is 6.42 Å². The summed E-state index contributed by atoms with van der Waals surface area (Å²) in [4.78, 5) is 12.3. The van der Waals surface area contributed by atoms with Crippen molar-refractivity contribution in [2.24, 2.45) is 0 Å². The van der Waals surface area contributed by atoms with Crippen molar-refractivity contribution < 1.29 is 9.53 Å². The van der Waals surface area contributed by atoms with Crippen LogP contribution in [-0.2, 0) is 6.42 Å². The van der Waals surface area contributed by atoms with Crippen LogP contribution in [0.4, 0.5) is 0 Å². The summed E-state index contributed by atoms with van der Waals surface area (Å²) in [6, 6.07) is 25.6. The molecule has 0 saturated heterocycles. The fourth-order valence-corrected chi connectivity index (χ4v) is 2.51. The maximum atomic E-state index is 12.3. The van der Waals surface area contributed by atoms with Crippen molar-refractivity contribution in [2.75, 3.05) is 7.11 Å². The molecule has 0 spiro atoms. The Morgan fingerprint density at radius 1 is 0.783 bits per heavy atom. The van der Waals surface area contributed by atoms with Crippen molar-refractivity contribution >= 4 is 5.78 Å². The average Bonchev–Trinajstić information content (AvgIpc) is 2.63. The first-order valence-corrected chi connectivity index (χ1v) is 7.58. The Labute approximate surface area is 136 Å². The minimum absolute atomic E-state index is 0.111. The van der Waals surface area contributed by atoms with Crippen molar-refractivity contribution in [1.82, 2.24) is 0 Å². The Hall–Kier alpha value is -2.87. The molecule has 3 aromatic carbocycles. The van der Waals surface area contributed by atoms with Crippen LogP contribution >= 0.6 is 0 Å². The van der Waals surface area contributed by atoms with Gasteiger partial charge in [0, 0.05) is 12.0 Å². The summed E-state index contributed by atoms with van der Waals surface area (Å²) in [5, 5.41) is 0. The highest BCUT2D eigenvalue weighted by Gasteiger charge is 2.07. The van der Waals surface area contributed by atoms with Crippen molar-refractivity contribution in [3.8, 4) is 16.9 Å². The van der Waals surface area contributed by atoms with Crippen LogP contribution < -0.4 is 4.74 Å². The normalized spacial score (nSPS) is 10.3. The summed E-state index contributed by atoms with van der Waals surface area (Å²) in [6.07, 6.45) is 0.404. The molecule has 0 aliphatic carbocycles. The highest BCUT2D eigenvalue weighted by Crippen LogP contribution is 2.20. The largest absolute Gasteiger partial charge is 0.497 e. The van der Waals surface area contributed by atoms with E-state index in [2.05, 4.69) is 24.3 Å². The third-order valence-corrected chi connectivity index (χ3v) is 3.84. The average molecular weight is 302 g/mol. The zero-order valence-electron chi connectivity index (χ0n) is 13.0. The van der Waals surface area contributed by atoms with E-state index in [1.54, 1.807) is 19.2 Å². The fraction of sp³-hybridized carbons (Fsp3) is 0.0952. The monoisotopic (exact) mass is 302 g/mol. The SMILES string of the molecule is COc1ccc(C(=O)Cc2ccc(-c3ccccc3)cc2)cc1. The summed E-state index contributed by atoms with van der Waals surface area (Å²) in [6.45, 7) is 0. The Morgan fingerprint density at radius 2 is 1.39 bits per heavy atom. The van der Waals surface area contributed by atoms with Gasteiger partial charge in [-0.15, -0.1) is 0 Å². The summed E-state index contributed by atoms with van der Waals surface area (Å²) < 4.78 is 5.11. The number of rotatable bonds is 5. The van der Waals surface area contributed by atoms with Gasteiger partial charge in [0.05, 0.1) is 7.11 Å². The van der Waals surface area contributed by atoms with Crippen LogP contribution in [0.2, 0.25) is 0 Å². The van der Waals surface area contributed by atoms with E-state index in [1.807, 2.05) is 42.5 Å². The van der Waals surface area contributed by atoms with E-state index in [-0.39, 0.29) is 5.78 Å². The highest BCUT2D eigenvalue weighted by molar-refractivity contribution is 5.97. The van der Waals surface area contributed by atoms with Gasteiger partial charge in [0.2, 0.25) is 0 Å². The van der Waals surface area contributed by atoms with Gasteiger partial charge in [0.25, 0.3) is 0 Å². The molecule has 23 heavy (non-hydrogen) atoms. The maximum Gasteiger partial charge on any atom is 0.167 e. The second-order valence-corrected chi connectivity index (χ2v) is 5.39. The second kappa shape index (κ2) is 6.93. The molecule has 0 atom stereocenters. The van der Waals surface area contributed by atoms with Crippen molar-refractivity contribution in [3.63, 3.8) is 0 Å². The van der Waals surface area contributed by atoms with Crippen LogP contribution in [0.3, 0.4) is 0 Å². The smallest absolute Gasteiger partial charge is 0.167 e. The summed E-state index contributed by atoms with van der Waals surface area (Å²) in [5.74, 6) is 0.869. The standard InChI is InChI=1S/C21H18O2/c1-23-20-13-11-19(12-14-20)21(22)15-16-7-9-18(10-8-16)17-5-3-2-4-6-17/h2-14H,15H2,1H3. The second-order valence-electron chi connectivity index (χ2n) is 5.39. The number of Topliss-reactive ketones (excluding diaryl/α,β-unsaturated/α-hetero) is 1. The first kappa shape index (κ1) is 15.0. The van der Waals surface area contributed by atoms with Crippen LogP contribution in [0.25, 0.3) is 11.1 Å². The third kappa shape index (κ3) is 3.67. The quantitative estimate of drug-likeness (QED) is 0.634. The molecule has 3 rings (SSSR count). The molecule has 2 heteroatoms. The molecule has 3 aromatic rings. The van der Waals surface area contributed by atoms with Gasteiger partial charge in [-0.25, -0.2) is 0 Å². The molecular formula is C21H18O2. The number of ether oxygens (including phenoxy) is 1. The number of carbonyl (C=O) groups is 1. The van der Waals surface area contributed by atoms with E-state index in [4.69, 9.17) is 4.74 Å². The minimum atomic E-state index is 0.111. The molecule has 2 nitrogen and oxygen atoms in total. The van der Waals surface area contributed by atoms with Gasteiger partial charge < -0.3 is 4.74 Å². The van der Waals surface area contributed by atoms with Gasteiger partial charge in [0.15, 0.2) is 5.78 Å². The number of methoxy groups -OCH3 is 1. The molecule has 0 bridgehead atoms. The number of ketones is 1. The van der Waals surface area contributed by atoms with E-state index in [9.17, 15) is 4.79 Å². The number of carbonyl (C=O) groups excluding carboxylic acids is 1. The topological polar surface area (TPSA) is 26.3 Å². The lowest BCUT2D eigenvalue weighted by molar-refractivity contribution is 0.0993. The first-order chi connectivity index (χ1) is 11.3. The van der Waals surface area contributed by atoms with Gasteiger partial charge in [-0.1, -0.05) is 54.6 Å². The van der Waals surface area contributed by atoms with Crippen molar-refractivity contribution in [1.29, 1.82) is 0 Å². The fourth-order valence-electron chi connectivity index (χ4n) is 2.51. The predicted octanol–water partition coefficient (Wildman–Crippen LogP) is 4.79. The Kier molecular flexibility index (Phi) is 4.53. The van der Waals surface area contributed by atoms with E-state index in [1.165, 1.54) is 5.56 Å². The molecule has 0 aliphatic rings. The van der Waals surface area contributed by atoms with E-state index in [0.717, 1.165) is 16.9 Å². The zero-order valence-corrected chi connectivity index (χ0v) is 13.0. The Bertz CT molecular complexity index is 772. The van der Waals surface area contributed by atoms with E-state index >= 15 is 0 Å². The minimum Gasteiger partial charge on any atom is -0.497 e. The molecule has 0 amide bonds. The highest BCUT2D eigenvalue weighted by atomic mass is 16.5. The van der Waals surface area contributed by atoms with Crippen LogP contribution in [-0.4, -0.2) is 12.9 Å². The molecule has 0 aliphatic heterocycles. The summed E-state index contributed by atoms with van der Waals surface area (Å²) in [5.41, 5.74) is 4.07. The Morgan fingerprint density at radius 3 is 2.00 bits per heavy atom. The van der Waals surface area contributed by atoms with Crippen LogP contribution in [0, 0.1) is 0 Å². The summed E-state index contributed by atoms with van der Waals surface area (Å²) >= 11 is 0. The van der Waals surface area contributed by atoms with Gasteiger partial charge in [0.1, 0.15) is 5.75 Å². The first-order valence-electron chi connectivity index (χ1n) is 7.58. The maximum absolute atomic E-state index is 12.3. The molecule has 0 fully saturated rings. The zero-order chi connectivity index (χ0) is 16.1. The Balaban J connectivity index is 1.71. The van der Waals surface area contributed by atoms with Crippen molar-refractivity contribution in [3.05, 3.63) is 90.0 Å². The van der Waals surface area contributed by atoms with Gasteiger partial charge in [-0.3, -0.25) is 4.79 Å². The van der Waals surface area contributed by atoms with Gasteiger partial charge in [-0.2, -0.15) is 0 Å². The van der Waals surface area contributed by atoms with Gasteiger partial charge >= 0.3 is 0 Å². The predicted molar refractivity (Wildman–Crippen MR) is 92.9 cm³/mol. The molecular weight excluding hydrogens is 284 g/mol. The van der Waals surface area contributed by atoms with E-state index < -0.39 is 0 Å². The molecule has 0 radical (unpaired) electrons. The van der Waals surface area contributed by atoms with Crippen LogP contribution in [0.5, 0.6) is 5.75 Å². The van der Waals surface area contributed by atoms with Crippen LogP contribution in [0.15, 0.2) is 78.9 Å². The lowest BCUT2D eigenvalue weighted by Crippen LogP contribution is -2.03. The van der Waals surface area contributed by atoms with Crippen LogP contribution in [0.1, 0.15) is 15.9 Å². The third-order valence-electron chi connectivity index (χ3n) is 3.84. The molecule has 0 N–H and O–H groups in total. The molecule has 0 heterocycles.